The number of alkyl halides is 2. The van der Waals surface area contributed by atoms with Gasteiger partial charge in [0.05, 0.1) is 6.61 Å². The lowest BCUT2D eigenvalue weighted by Crippen LogP contribution is -2.47. The van der Waals surface area contributed by atoms with Crippen LogP contribution in [0.4, 0.5) is 13.2 Å². The molecule has 0 aliphatic heterocycles. The molecule has 7 heteroatoms. The maximum Gasteiger partial charge on any atom is 0.329 e. The van der Waals surface area contributed by atoms with Crippen molar-refractivity contribution in [1.29, 1.82) is 0 Å². The summed E-state index contributed by atoms with van der Waals surface area (Å²) in [4.78, 5) is 22.9. The van der Waals surface area contributed by atoms with Crippen LogP contribution in [-0.4, -0.2) is 30.1 Å². The fourth-order valence-corrected chi connectivity index (χ4v) is 1.84. The molecule has 0 fully saturated rings. The number of rotatable bonds is 7. The van der Waals surface area contributed by atoms with Gasteiger partial charge in [-0.15, -0.1) is 0 Å². The van der Waals surface area contributed by atoms with Crippen LogP contribution in [0.2, 0.25) is 0 Å². The maximum absolute atomic E-state index is 13.2. The molecule has 21 heavy (non-hydrogen) atoms. The first-order valence-corrected chi connectivity index (χ1v) is 6.27. The Morgan fingerprint density at radius 2 is 1.86 bits per heavy atom. The number of carbonyl (C=O) groups excluding carboxylic acids is 1. The molecular formula is C14H15F3O4. The number of hydrogen-bond acceptors (Lipinski definition) is 3. The molecule has 4 nitrogen and oxygen atoms in total. The molecule has 0 heterocycles. The predicted molar refractivity (Wildman–Crippen MR) is 67.4 cm³/mol. The Bertz CT molecular complexity index is 501. The summed E-state index contributed by atoms with van der Waals surface area (Å²) < 4.78 is 43.6. The molecule has 0 spiro atoms. The third-order valence-corrected chi connectivity index (χ3v) is 3.12. The molecule has 0 aromatic heterocycles. The van der Waals surface area contributed by atoms with E-state index in [4.69, 9.17) is 5.11 Å². The Morgan fingerprint density at radius 1 is 1.29 bits per heavy atom. The number of ether oxygens (including phenoxy) is 1. The van der Waals surface area contributed by atoms with Crippen molar-refractivity contribution < 1.29 is 32.6 Å². The van der Waals surface area contributed by atoms with E-state index in [1.807, 2.05) is 0 Å². The number of benzene rings is 1. The average Bonchev–Trinajstić information content (AvgIpc) is 2.41. The standard InChI is InChI=1S/C14H15F3O4/c1-2-21-13(20)14(11(16)17,12(18)19)8-7-9-3-5-10(15)6-4-9/h3-6,11H,2,7-8H2,1H3,(H,18,19). The molecule has 0 radical (unpaired) electrons. The molecule has 0 saturated heterocycles. The summed E-state index contributed by atoms with van der Waals surface area (Å²) in [6.45, 7) is 1.20. The minimum atomic E-state index is -3.41. The van der Waals surface area contributed by atoms with E-state index >= 15 is 0 Å². The van der Waals surface area contributed by atoms with E-state index in [-0.39, 0.29) is 13.0 Å². The number of carboxylic acid groups (broad SMARTS) is 1. The first-order valence-electron chi connectivity index (χ1n) is 6.27. The van der Waals surface area contributed by atoms with Crippen molar-refractivity contribution in [2.45, 2.75) is 26.2 Å². The smallest absolute Gasteiger partial charge is 0.329 e. The zero-order valence-corrected chi connectivity index (χ0v) is 11.3. The quantitative estimate of drug-likeness (QED) is 0.621. The summed E-state index contributed by atoms with van der Waals surface area (Å²) in [6.07, 6.45) is -4.16. The van der Waals surface area contributed by atoms with Gasteiger partial charge in [-0.05, 0) is 37.5 Å². The predicted octanol–water partition coefficient (Wildman–Crippen LogP) is 2.66. The van der Waals surface area contributed by atoms with Gasteiger partial charge in [-0.2, -0.15) is 0 Å². The van der Waals surface area contributed by atoms with E-state index in [0.29, 0.717) is 5.56 Å². The van der Waals surface area contributed by atoms with Crippen molar-refractivity contribution in [3.8, 4) is 0 Å². The van der Waals surface area contributed by atoms with E-state index < -0.39 is 36.0 Å². The van der Waals surface area contributed by atoms with Crippen LogP contribution in [0, 0.1) is 11.2 Å². The Hall–Kier alpha value is -2.05. The minimum Gasteiger partial charge on any atom is -0.480 e. The second-order valence-corrected chi connectivity index (χ2v) is 4.42. The van der Waals surface area contributed by atoms with E-state index in [1.165, 1.54) is 19.1 Å². The Kier molecular flexibility index (Phi) is 5.75. The van der Waals surface area contributed by atoms with E-state index in [0.717, 1.165) is 12.1 Å². The van der Waals surface area contributed by atoms with Gasteiger partial charge in [-0.25, -0.2) is 13.2 Å². The number of carbonyl (C=O) groups is 2. The number of halogens is 3. The molecule has 0 saturated carbocycles. The molecule has 116 valence electrons. The first-order chi connectivity index (χ1) is 9.84. The highest BCUT2D eigenvalue weighted by Gasteiger charge is 2.55. The van der Waals surface area contributed by atoms with E-state index in [9.17, 15) is 22.8 Å². The van der Waals surface area contributed by atoms with Gasteiger partial charge >= 0.3 is 11.9 Å². The van der Waals surface area contributed by atoms with Gasteiger partial charge in [0, 0.05) is 0 Å². The molecule has 1 aromatic rings. The van der Waals surface area contributed by atoms with Gasteiger partial charge in [0.1, 0.15) is 5.82 Å². The molecule has 0 bridgehead atoms. The van der Waals surface area contributed by atoms with Crippen LogP contribution in [0.3, 0.4) is 0 Å². The normalized spacial score (nSPS) is 13.8. The van der Waals surface area contributed by atoms with Crippen LogP contribution < -0.4 is 0 Å². The molecule has 1 atom stereocenters. The van der Waals surface area contributed by atoms with Crippen molar-refractivity contribution in [3.05, 3.63) is 35.6 Å². The maximum atomic E-state index is 13.2. The topological polar surface area (TPSA) is 63.6 Å². The highest BCUT2D eigenvalue weighted by Crippen LogP contribution is 2.34. The van der Waals surface area contributed by atoms with Crippen molar-refractivity contribution in [1.82, 2.24) is 0 Å². The zero-order chi connectivity index (χ0) is 16.0. The fourth-order valence-electron chi connectivity index (χ4n) is 1.84. The van der Waals surface area contributed by atoms with E-state index in [1.54, 1.807) is 0 Å². The average molecular weight is 304 g/mol. The minimum absolute atomic E-state index is 0.115. The Labute approximate surface area is 119 Å². The number of aliphatic carboxylic acids is 1. The van der Waals surface area contributed by atoms with Gasteiger partial charge in [0.15, 0.2) is 0 Å². The second kappa shape index (κ2) is 7.10. The molecule has 1 rings (SSSR count). The van der Waals surface area contributed by atoms with Crippen LogP contribution in [0.1, 0.15) is 18.9 Å². The van der Waals surface area contributed by atoms with Crippen LogP contribution >= 0.6 is 0 Å². The lowest BCUT2D eigenvalue weighted by Gasteiger charge is -2.26. The van der Waals surface area contributed by atoms with Gasteiger partial charge in [0.2, 0.25) is 5.41 Å². The summed E-state index contributed by atoms with van der Waals surface area (Å²) in [5.41, 5.74) is -2.46. The Morgan fingerprint density at radius 3 is 2.29 bits per heavy atom. The lowest BCUT2D eigenvalue weighted by atomic mass is 9.82. The third-order valence-electron chi connectivity index (χ3n) is 3.12. The van der Waals surface area contributed by atoms with E-state index in [2.05, 4.69) is 4.74 Å². The fraction of sp³-hybridized carbons (Fsp3) is 0.429. The number of hydrogen-bond donors (Lipinski definition) is 1. The van der Waals surface area contributed by atoms with Gasteiger partial charge < -0.3 is 9.84 Å². The lowest BCUT2D eigenvalue weighted by molar-refractivity contribution is -0.181. The van der Waals surface area contributed by atoms with Gasteiger partial charge in [0.25, 0.3) is 6.43 Å². The van der Waals surface area contributed by atoms with Crippen molar-refractivity contribution >= 4 is 11.9 Å². The SMILES string of the molecule is CCOC(=O)C(CCc1ccc(F)cc1)(C(=O)O)C(F)F. The third kappa shape index (κ3) is 3.74. The summed E-state index contributed by atoms with van der Waals surface area (Å²) >= 11 is 0. The highest BCUT2D eigenvalue weighted by atomic mass is 19.3. The summed E-state index contributed by atoms with van der Waals surface area (Å²) in [7, 11) is 0. The van der Waals surface area contributed by atoms with Crippen LogP contribution in [-0.2, 0) is 20.7 Å². The zero-order valence-electron chi connectivity index (χ0n) is 11.3. The van der Waals surface area contributed by atoms with Crippen LogP contribution in [0.15, 0.2) is 24.3 Å². The van der Waals surface area contributed by atoms with Crippen molar-refractivity contribution in [2.75, 3.05) is 6.61 Å². The van der Waals surface area contributed by atoms with Crippen LogP contribution in [0.5, 0.6) is 0 Å². The first kappa shape index (κ1) is 17.0. The molecule has 1 N–H and O–H groups in total. The molecule has 1 aromatic carbocycles. The molecule has 0 aliphatic carbocycles. The molecule has 0 amide bonds. The number of esters is 1. The number of carboxylic acids is 1. The second-order valence-electron chi connectivity index (χ2n) is 4.42. The highest BCUT2D eigenvalue weighted by molar-refractivity contribution is 5.99. The molecule has 0 aliphatic rings. The largest absolute Gasteiger partial charge is 0.480 e. The number of aryl methyl sites for hydroxylation is 1. The monoisotopic (exact) mass is 304 g/mol. The van der Waals surface area contributed by atoms with Gasteiger partial charge in [-0.3, -0.25) is 9.59 Å². The summed E-state index contributed by atoms with van der Waals surface area (Å²) in [5, 5.41) is 9.07. The van der Waals surface area contributed by atoms with Crippen molar-refractivity contribution in [3.63, 3.8) is 0 Å². The molecular weight excluding hydrogens is 289 g/mol. The summed E-state index contributed by atoms with van der Waals surface area (Å²) in [6, 6.07) is 4.95. The summed E-state index contributed by atoms with van der Waals surface area (Å²) in [5.74, 6) is -3.89. The van der Waals surface area contributed by atoms with Gasteiger partial charge in [-0.1, -0.05) is 12.1 Å². The van der Waals surface area contributed by atoms with Crippen molar-refractivity contribution in [2.24, 2.45) is 5.41 Å². The van der Waals surface area contributed by atoms with Crippen LogP contribution in [0.25, 0.3) is 0 Å². The molecule has 1 unspecified atom stereocenters. The Balaban J connectivity index is 2.99.